The van der Waals surface area contributed by atoms with E-state index in [0.717, 1.165) is 31.7 Å². The minimum Gasteiger partial charge on any atom is -0.487 e. The molecular formula is C18H30N2O. The molecule has 1 aliphatic rings. The molecule has 0 saturated carbocycles. The first-order valence-electron chi connectivity index (χ1n) is 8.11. The average Bonchev–Trinajstić information content (AvgIpc) is 2.42. The first kappa shape index (κ1) is 16.3. The van der Waals surface area contributed by atoms with Gasteiger partial charge in [-0.15, -0.1) is 0 Å². The van der Waals surface area contributed by atoms with Gasteiger partial charge >= 0.3 is 0 Å². The predicted octanol–water partition coefficient (Wildman–Crippen LogP) is 3.53. The summed E-state index contributed by atoms with van der Waals surface area (Å²) in [5.74, 6) is 1.07. The summed E-state index contributed by atoms with van der Waals surface area (Å²) in [6, 6.07) is 6.99. The molecule has 0 aromatic heterocycles. The highest BCUT2D eigenvalue weighted by Crippen LogP contribution is 2.41. The minimum absolute atomic E-state index is 0.0555. The average molecular weight is 290 g/mol. The second kappa shape index (κ2) is 6.80. The fourth-order valence-electron chi connectivity index (χ4n) is 2.94. The highest BCUT2D eigenvalue weighted by molar-refractivity contribution is 5.41. The monoisotopic (exact) mass is 290 g/mol. The molecule has 0 radical (unpaired) electrons. The molecule has 1 aromatic rings. The molecule has 2 unspecified atom stereocenters. The fourth-order valence-corrected chi connectivity index (χ4v) is 2.94. The smallest absolute Gasteiger partial charge is 0.125 e. The maximum atomic E-state index is 6.28. The van der Waals surface area contributed by atoms with Crippen LogP contribution in [0.2, 0.25) is 0 Å². The lowest BCUT2D eigenvalue weighted by Crippen LogP contribution is -2.41. The summed E-state index contributed by atoms with van der Waals surface area (Å²) in [5.41, 5.74) is 2.52. The summed E-state index contributed by atoms with van der Waals surface area (Å²) in [7, 11) is 4.25. The van der Waals surface area contributed by atoms with Gasteiger partial charge in [0.2, 0.25) is 0 Å². The molecular weight excluding hydrogens is 260 g/mol. The summed E-state index contributed by atoms with van der Waals surface area (Å²) in [4.78, 5) is 2.24. The molecule has 1 aromatic carbocycles. The van der Waals surface area contributed by atoms with Gasteiger partial charge in [0.05, 0.1) is 0 Å². The number of hydrogen-bond donors (Lipinski definition) is 1. The minimum atomic E-state index is -0.0555. The standard InChI is InChI=1S/C18H30N2O/c1-6-18(3)13-16(19-10-7-11-20(4)5)15-9-8-14(2)12-17(15)21-18/h8-9,12,16,19H,6-7,10-11,13H2,1-5H3. The van der Waals surface area contributed by atoms with E-state index in [2.05, 4.69) is 63.3 Å². The molecule has 0 amide bonds. The van der Waals surface area contributed by atoms with Crippen molar-refractivity contribution in [3.63, 3.8) is 0 Å². The number of benzene rings is 1. The van der Waals surface area contributed by atoms with Gasteiger partial charge in [-0.05, 0) is 65.5 Å². The molecule has 0 spiro atoms. The van der Waals surface area contributed by atoms with Crippen molar-refractivity contribution < 1.29 is 4.74 Å². The van der Waals surface area contributed by atoms with Crippen molar-refractivity contribution in [3.05, 3.63) is 29.3 Å². The van der Waals surface area contributed by atoms with Crippen molar-refractivity contribution in [2.45, 2.75) is 51.7 Å². The van der Waals surface area contributed by atoms with E-state index >= 15 is 0 Å². The molecule has 0 fully saturated rings. The van der Waals surface area contributed by atoms with Crippen molar-refractivity contribution >= 4 is 0 Å². The Bertz CT molecular complexity index is 472. The first-order valence-corrected chi connectivity index (χ1v) is 8.11. The number of fused-ring (bicyclic) bond motifs is 1. The van der Waals surface area contributed by atoms with Gasteiger partial charge in [-0.3, -0.25) is 0 Å². The van der Waals surface area contributed by atoms with Crippen molar-refractivity contribution in [2.75, 3.05) is 27.2 Å². The number of aryl methyl sites for hydroxylation is 1. The normalized spacial score (nSPS) is 24.8. The Morgan fingerprint density at radius 3 is 2.81 bits per heavy atom. The molecule has 0 saturated heterocycles. The maximum absolute atomic E-state index is 6.28. The van der Waals surface area contributed by atoms with E-state index in [-0.39, 0.29) is 5.60 Å². The summed E-state index contributed by atoms with van der Waals surface area (Å²) in [5, 5.41) is 3.74. The molecule has 2 rings (SSSR count). The van der Waals surface area contributed by atoms with Gasteiger partial charge < -0.3 is 15.0 Å². The zero-order chi connectivity index (χ0) is 15.5. The Kier molecular flexibility index (Phi) is 5.28. The van der Waals surface area contributed by atoms with Crippen LogP contribution in [-0.2, 0) is 0 Å². The molecule has 3 nitrogen and oxygen atoms in total. The van der Waals surface area contributed by atoms with Crippen molar-refractivity contribution in [3.8, 4) is 5.75 Å². The van der Waals surface area contributed by atoms with Crippen LogP contribution < -0.4 is 10.1 Å². The van der Waals surface area contributed by atoms with Gasteiger partial charge in [0.25, 0.3) is 0 Å². The lowest BCUT2D eigenvalue weighted by Gasteiger charge is -2.40. The van der Waals surface area contributed by atoms with E-state index in [1.165, 1.54) is 17.5 Å². The number of hydrogen-bond acceptors (Lipinski definition) is 3. The highest BCUT2D eigenvalue weighted by Gasteiger charge is 2.35. The topological polar surface area (TPSA) is 24.5 Å². The van der Waals surface area contributed by atoms with Crippen LogP contribution >= 0.6 is 0 Å². The number of ether oxygens (including phenoxy) is 1. The van der Waals surface area contributed by atoms with Crippen LogP contribution in [0.15, 0.2) is 18.2 Å². The van der Waals surface area contributed by atoms with Crippen LogP contribution in [0.1, 0.15) is 50.3 Å². The van der Waals surface area contributed by atoms with E-state index in [1.54, 1.807) is 0 Å². The lowest BCUT2D eigenvalue weighted by molar-refractivity contribution is 0.0441. The third-order valence-corrected chi connectivity index (χ3v) is 4.46. The zero-order valence-electron chi connectivity index (χ0n) is 14.2. The van der Waals surface area contributed by atoms with Crippen LogP contribution in [0.3, 0.4) is 0 Å². The number of rotatable bonds is 6. The van der Waals surface area contributed by atoms with E-state index in [0.29, 0.717) is 6.04 Å². The third kappa shape index (κ3) is 4.21. The van der Waals surface area contributed by atoms with Gasteiger partial charge in [0, 0.05) is 18.0 Å². The van der Waals surface area contributed by atoms with E-state index < -0.39 is 0 Å². The number of nitrogens with one attached hydrogen (secondary N) is 1. The Hall–Kier alpha value is -1.06. The molecule has 3 heteroatoms. The Balaban J connectivity index is 2.09. The molecule has 2 atom stereocenters. The van der Waals surface area contributed by atoms with Crippen molar-refractivity contribution in [2.24, 2.45) is 0 Å². The Morgan fingerprint density at radius 1 is 1.38 bits per heavy atom. The number of nitrogens with zero attached hydrogens (tertiary/aromatic N) is 1. The molecule has 0 aliphatic carbocycles. The van der Waals surface area contributed by atoms with Crippen LogP contribution in [0.25, 0.3) is 0 Å². The molecule has 118 valence electrons. The van der Waals surface area contributed by atoms with Crippen LogP contribution in [0.4, 0.5) is 0 Å². The van der Waals surface area contributed by atoms with Gasteiger partial charge in [0.1, 0.15) is 11.4 Å². The van der Waals surface area contributed by atoms with Crippen molar-refractivity contribution in [1.82, 2.24) is 10.2 Å². The Morgan fingerprint density at radius 2 is 2.14 bits per heavy atom. The lowest BCUT2D eigenvalue weighted by atomic mass is 9.86. The third-order valence-electron chi connectivity index (χ3n) is 4.46. The van der Waals surface area contributed by atoms with E-state index in [4.69, 9.17) is 4.74 Å². The molecule has 0 bridgehead atoms. The summed E-state index contributed by atoms with van der Waals surface area (Å²) in [6.07, 6.45) is 3.26. The van der Waals surface area contributed by atoms with Crippen molar-refractivity contribution in [1.29, 1.82) is 0 Å². The van der Waals surface area contributed by atoms with Crippen LogP contribution in [-0.4, -0.2) is 37.7 Å². The second-order valence-electron chi connectivity index (χ2n) is 6.81. The van der Waals surface area contributed by atoms with Crippen LogP contribution in [0.5, 0.6) is 5.75 Å². The Labute approximate surface area is 129 Å². The van der Waals surface area contributed by atoms with Gasteiger partial charge in [-0.2, -0.15) is 0 Å². The van der Waals surface area contributed by atoms with Gasteiger partial charge in [0.15, 0.2) is 0 Å². The van der Waals surface area contributed by atoms with Crippen LogP contribution in [0, 0.1) is 6.92 Å². The largest absolute Gasteiger partial charge is 0.487 e. The highest BCUT2D eigenvalue weighted by atomic mass is 16.5. The summed E-state index contributed by atoms with van der Waals surface area (Å²) in [6.45, 7) is 8.75. The van der Waals surface area contributed by atoms with Gasteiger partial charge in [-0.1, -0.05) is 19.1 Å². The summed E-state index contributed by atoms with van der Waals surface area (Å²) >= 11 is 0. The zero-order valence-corrected chi connectivity index (χ0v) is 14.2. The molecule has 1 aliphatic heterocycles. The second-order valence-corrected chi connectivity index (χ2v) is 6.81. The van der Waals surface area contributed by atoms with E-state index in [9.17, 15) is 0 Å². The molecule has 1 N–H and O–H groups in total. The quantitative estimate of drug-likeness (QED) is 0.811. The maximum Gasteiger partial charge on any atom is 0.125 e. The molecule has 1 heterocycles. The first-order chi connectivity index (χ1) is 9.93. The SMILES string of the molecule is CCC1(C)CC(NCCCN(C)C)c2ccc(C)cc2O1. The van der Waals surface area contributed by atoms with E-state index in [1.807, 2.05) is 0 Å². The fraction of sp³-hybridized carbons (Fsp3) is 0.667. The summed E-state index contributed by atoms with van der Waals surface area (Å²) < 4.78 is 6.28. The van der Waals surface area contributed by atoms with Gasteiger partial charge in [-0.25, -0.2) is 0 Å². The molecule has 21 heavy (non-hydrogen) atoms. The predicted molar refractivity (Wildman–Crippen MR) is 89.0 cm³/mol.